The zero-order valence-electron chi connectivity index (χ0n) is 8.97. The van der Waals surface area contributed by atoms with E-state index in [9.17, 15) is 9.59 Å². The number of aromatic nitrogens is 1. The number of carbonyl (C=O) groups is 2. The molecular formula is C12H9NO4. The summed E-state index contributed by atoms with van der Waals surface area (Å²) in [5, 5.41) is 18.4. The van der Waals surface area contributed by atoms with Crippen LogP contribution in [-0.4, -0.2) is 27.1 Å². The van der Waals surface area contributed by atoms with E-state index in [-0.39, 0.29) is 11.1 Å². The third-order valence-electron chi connectivity index (χ3n) is 2.41. The number of carboxylic acid groups (broad SMARTS) is 2. The second-order valence-electron chi connectivity index (χ2n) is 3.66. The molecule has 0 aliphatic carbocycles. The van der Waals surface area contributed by atoms with E-state index in [1.165, 1.54) is 6.07 Å². The lowest BCUT2D eigenvalue weighted by atomic mass is 10.0. The van der Waals surface area contributed by atoms with E-state index in [1.54, 1.807) is 19.1 Å². The molecule has 1 aromatic heterocycles. The number of hydrogen-bond donors (Lipinski definition) is 2. The van der Waals surface area contributed by atoms with Gasteiger partial charge >= 0.3 is 11.9 Å². The molecule has 0 saturated carbocycles. The number of nitrogens with zero attached hydrogens (tertiary/aromatic N) is 1. The SMILES string of the molecule is Cc1ccc2cc(C(=O)O)cc(C(=O)O)c2n1. The first-order chi connectivity index (χ1) is 7.99. The second-order valence-corrected chi connectivity index (χ2v) is 3.66. The summed E-state index contributed by atoms with van der Waals surface area (Å²) in [4.78, 5) is 26.1. The molecule has 2 N–H and O–H groups in total. The molecule has 0 radical (unpaired) electrons. The van der Waals surface area contributed by atoms with Crippen LogP contribution in [0.15, 0.2) is 24.3 Å². The Morgan fingerprint density at radius 1 is 1.12 bits per heavy atom. The Morgan fingerprint density at radius 2 is 1.82 bits per heavy atom. The fourth-order valence-electron chi connectivity index (χ4n) is 1.62. The predicted molar refractivity (Wildman–Crippen MR) is 60.4 cm³/mol. The molecule has 0 atom stereocenters. The highest BCUT2D eigenvalue weighted by molar-refractivity contribution is 6.05. The molecule has 2 aromatic rings. The highest BCUT2D eigenvalue weighted by Gasteiger charge is 2.14. The van der Waals surface area contributed by atoms with Gasteiger partial charge in [-0.2, -0.15) is 0 Å². The van der Waals surface area contributed by atoms with Gasteiger partial charge in [0.1, 0.15) is 0 Å². The maximum Gasteiger partial charge on any atom is 0.337 e. The lowest BCUT2D eigenvalue weighted by molar-refractivity contribution is 0.0696. The molecule has 86 valence electrons. The van der Waals surface area contributed by atoms with Gasteiger partial charge in [0.25, 0.3) is 0 Å². The van der Waals surface area contributed by atoms with Gasteiger partial charge in [0, 0.05) is 11.1 Å². The van der Waals surface area contributed by atoms with Crippen LogP contribution < -0.4 is 0 Å². The minimum atomic E-state index is -1.18. The molecule has 0 unspecified atom stereocenters. The van der Waals surface area contributed by atoms with Crippen molar-refractivity contribution < 1.29 is 19.8 Å². The highest BCUT2D eigenvalue weighted by atomic mass is 16.4. The van der Waals surface area contributed by atoms with Gasteiger partial charge in [-0.05, 0) is 25.1 Å². The molecule has 5 nitrogen and oxygen atoms in total. The van der Waals surface area contributed by atoms with Crippen molar-refractivity contribution in [3.8, 4) is 0 Å². The summed E-state index contributed by atoms with van der Waals surface area (Å²) in [5.74, 6) is -2.34. The van der Waals surface area contributed by atoms with E-state index in [1.807, 2.05) is 0 Å². The number of benzene rings is 1. The topological polar surface area (TPSA) is 87.5 Å². The van der Waals surface area contributed by atoms with Gasteiger partial charge in [0.2, 0.25) is 0 Å². The Hall–Kier alpha value is -2.43. The van der Waals surface area contributed by atoms with Crippen molar-refractivity contribution in [2.24, 2.45) is 0 Å². The number of aryl methyl sites for hydroxylation is 1. The monoisotopic (exact) mass is 231 g/mol. The first-order valence-electron chi connectivity index (χ1n) is 4.87. The molecule has 0 amide bonds. The molecule has 5 heteroatoms. The molecule has 0 aliphatic rings. The average molecular weight is 231 g/mol. The second kappa shape index (κ2) is 3.86. The van der Waals surface area contributed by atoms with Crippen molar-refractivity contribution in [1.29, 1.82) is 0 Å². The van der Waals surface area contributed by atoms with Crippen LogP contribution in [0.4, 0.5) is 0 Å². The quantitative estimate of drug-likeness (QED) is 0.824. The van der Waals surface area contributed by atoms with Crippen LogP contribution in [0.25, 0.3) is 10.9 Å². The molecular weight excluding hydrogens is 222 g/mol. The van der Waals surface area contributed by atoms with Crippen LogP contribution in [0.3, 0.4) is 0 Å². The van der Waals surface area contributed by atoms with Crippen LogP contribution >= 0.6 is 0 Å². The molecule has 0 bridgehead atoms. The molecule has 0 saturated heterocycles. The molecule has 0 aliphatic heterocycles. The summed E-state index contributed by atoms with van der Waals surface area (Å²) < 4.78 is 0. The first kappa shape index (κ1) is 11.1. The Bertz CT molecular complexity index is 634. The minimum Gasteiger partial charge on any atom is -0.478 e. The fourth-order valence-corrected chi connectivity index (χ4v) is 1.62. The summed E-state index contributed by atoms with van der Waals surface area (Å²) in [7, 11) is 0. The van der Waals surface area contributed by atoms with E-state index < -0.39 is 11.9 Å². The van der Waals surface area contributed by atoms with Gasteiger partial charge in [-0.1, -0.05) is 6.07 Å². The zero-order chi connectivity index (χ0) is 12.6. The Kier molecular flexibility index (Phi) is 2.51. The van der Waals surface area contributed by atoms with Gasteiger partial charge in [-0.3, -0.25) is 4.98 Å². The van der Waals surface area contributed by atoms with Crippen molar-refractivity contribution in [3.05, 3.63) is 41.1 Å². The summed E-state index contributed by atoms with van der Waals surface area (Å²) >= 11 is 0. The number of aromatic carboxylic acids is 2. The summed E-state index contributed by atoms with van der Waals surface area (Å²) in [6.45, 7) is 1.75. The van der Waals surface area contributed by atoms with Gasteiger partial charge in [0.15, 0.2) is 0 Å². The average Bonchev–Trinajstić information content (AvgIpc) is 2.27. The Morgan fingerprint density at radius 3 is 2.41 bits per heavy atom. The van der Waals surface area contributed by atoms with E-state index in [0.29, 0.717) is 16.6 Å². The largest absolute Gasteiger partial charge is 0.478 e. The molecule has 17 heavy (non-hydrogen) atoms. The maximum absolute atomic E-state index is 11.1. The normalized spacial score (nSPS) is 10.4. The Labute approximate surface area is 96.3 Å². The van der Waals surface area contributed by atoms with Crippen molar-refractivity contribution in [2.75, 3.05) is 0 Å². The van der Waals surface area contributed by atoms with Crippen LogP contribution in [-0.2, 0) is 0 Å². The summed E-state index contributed by atoms with van der Waals surface area (Å²) in [6, 6.07) is 5.91. The number of pyridine rings is 1. The van der Waals surface area contributed by atoms with Crippen LogP contribution in [0.5, 0.6) is 0 Å². The van der Waals surface area contributed by atoms with Gasteiger partial charge in [-0.15, -0.1) is 0 Å². The predicted octanol–water partition coefficient (Wildman–Crippen LogP) is 1.94. The van der Waals surface area contributed by atoms with Crippen LogP contribution in [0, 0.1) is 6.92 Å². The van der Waals surface area contributed by atoms with E-state index >= 15 is 0 Å². The summed E-state index contributed by atoms with van der Waals surface area (Å²) in [5.41, 5.74) is 0.842. The number of carboxylic acids is 2. The Balaban J connectivity index is 2.86. The van der Waals surface area contributed by atoms with E-state index in [0.717, 1.165) is 6.07 Å². The molecule has 2 rings (SSSR count). The number of rotatable bonds is 2. The van der Waals surface area contributed by atoms with Gasteiger partial charge in [-0.25, -0.2) is 9.59 Å². The van der Waals surface area contributed by atoms with E-state index in [4.69, 9.17) is 10.2 Å². The highest BCUT2D eigenvalue weighted by Crippen LogP contribution is 2.20. The molecule has 1 heterocycles. The van der Waals surface area contributed by atoms with Gasteiger partial charge < -0.3 is 10.2 Å². The molecule has 1 aromatic carbocycles. The lowest BCUT2D eigenvalue weighted by Crippen LogP contribution is -2.04. The number of fused-ring (bicyclic) bond motifs is 1. The molecule has 0 fully saturated rings. The van der Waals surface area contributed by atoms with Crippen molar-refractivity contribution in [3.63, 3.8) is 0 Å². The van der Waals surface area contributed by atoms with Crippen LogP contribution in [0.2, 0.25) is 0 Å². The van der Waals surface area contributed by atoms with E-state index in [2.05, 4.69) is 4.98 Å². The van der Waals surface area contributed by atoms with Crippen molar-refractivity contribution in [1.82, 2.24) is 4.98 Å². The van der Waals surface area contributed by atoms with Crippen molar-refractivity contribution in [2.45, 2.75) is 6.92 Å². The number of hydrogen-bond acceptors (Lipinski definition) is 3. The molecule has 0 spiro atoms. The maximum atomic E-state index is 11.1. The van der Waals surface area contributed by atoms with Gasteiger partial charge in [0.05, 0.1) is 16.6 Å². The third-order valence-corrected chi connectivity index (χ3v) is 2.41. The zero-order valence-corrected chi connectivity index (χ0v) is 8.97. The fraction of sp³-hybridized carbons (Fsp3) is 0.0833. The van der Waals surface area contributed by atoms with Crippen molar-refractivity contribution >= 4 is 22.8 Å². The summed E-state index contributed by atoms with van der Waals surface area (Å²) in [6.07, 6.45) is 0. The first-order valence-corrected chi connectivity index (χ1v) is 4.87. The third kappa shape index (κ3) is 1.94. The lowest BCUT2D eigenvalue weighted by Gasteiger charge is -2.05. The smallest absolute Gasteiger partial charge is 0.337 e. The van der Waals surface area contributed by atoms with Crippen LogP contribution in [0.1, 0.15) is 26.4 Å². The standard InChI is InChI=1S/C12H9NO4/c1-6-2-3-7-4-8(11(14)15)5-9(12(16)17)10(7)13-6/h2-5H,1H3,(H,14,15)(H,16,17). The minimum absolute atomic E-state index is 0.0550.